The highest BCUT2D eigenvalue weighted by Gasteiger charge is 2.28. The lowest BCUT2D eigenvalue weighted by Crippen LogP contribution is -2.13. The number of ether oxygens (including phenoxy) is 4. The number of methoxy groups -OCH3 is 2. The smallest absolute Gasteiger partial charge is 0.348 e. The van der Waals surface area contributed by atoms with Gasteiger partial charge in [-0.05, 0) is 31.5 Å². The van der Waals surface area contributed by atoms with Crippen molar-refractivity contribution in [2.45, 2.75) is 33.5 Å². The molecule has 2 N–H and O–H groups in total. The molecule has 0 saturated carbocycles. The highest BCUT2D eigenvalue weighted by atomic mass is 32.1. The second kappa shape index (κ2) is 10.8. The number of hydrogen-bond donors (Lipinski definition) is 1. The summed E-state index contributed by atoms with van der Waals surface area (Å²) in [5, 5.41) is 3.97. The molecule has 0 radical (unpaired) electrons. The Hall–Kier alpha value is -3.86. The minimum absolute atomic E-state index is 0.0134. The van der Waals surface area contributed by atoms with Crippen LogP contribution in [0.1, 0.15) is 48.2 Å². The zero-order valence-electron chi connectivity index (χ0n) is 19.1. The molecule has 2 heterocycles. The third-order valence-electron chi connectivity index (χ3n) is 5.01. The predicted octanol–water partition coefficient (Wildman–Crippen LogP) is 3.37. The molecule has 0 aliphatic carbocycles. The number of rotatable bonds is 9. The van der Waals surface area contributed by atoms with Gasteiger partial charge in [0.1, 0.15) is 40.2 Å². The van der Waals surface area contributed by atoms with Gasteiger partial charge in [-0.1, -0.05) is 17.3 Å². The lowest BCUT2D eigenvalue weighted by Gasteiger charge is -2.09. The molecule has 0 fully saturated rings. The maximum Gasteiger partial charge on any atom is 0.348 e. The third-order valence-corrected chi connectivity index (χ3v) is 6.05. The van der Waals surface area contributed by atoms with Crippen molar-refractivity contribution >= 4 is 34.2 Å². The van der Waals surface area contributed by atoms with Crippen molar-refractivity contribution in [3.8, 4) is 5.75 Å². The molecule has 11 heteroatoms. The first-order chi connectivity index (χ1) is 16.2. The molecule has 34 heavy (non-hydrogen) atoms. The minimum atomic E-state index is -0.734. The van der Waals surface area contributed by atoms with Crippen LogP contribution < -0.4 is 10.5 Å². The Morgan fingerprint density at radius 3 is 2.26 bits per heavy atom. The van der Waals surface area contributed by atoms with Crippen LogP contribution in [0.5, 0.6) is 5.75 Å². The number of aromatic nitrogens is 1. The van der Waals surface area contributed by atoms with E-state index in [1.807, 2.05) is 13.8 Å². The van der Waals surface area contributed by atoms with E-state index in [0.29, 0.717) is 23.7 Å². The third kappa shape index (κ3) is 5.54. The molecule has 0 unspecified atom stereocenters. The summed E-state index contributed by atoms with van der Waals surface area (Å²) in [5.74, 6) is -0.653. The number of nitrogens with zero attached hydrogens (tertiary/aromatic N) is 1. The van der Waals surface area contributed by atoms with E-state index in [4.69, 9.17) is 29.2 Å². The van der Waals surface area contributed by atoms with E-state index in [2.05, 4.69) is 5.16 Å². The van der Waals surface area contributed by atoms with Crippen LogP contribution in [0.4, 0.5) is 5.00 Å². The van der Waals surface area contributed by atoms with Gasteiger partial charge in [0.2, 0.25) is 0 Å². The lowest BCUT2D eigenvalue weighted by molar-refractivity contribution is -0.144. The fourth-order valence-electron chi connectivity index (χ4n) is 3.14. The first-order valence-electron chi connectivity index (χ1n) is 10.1. The van der Waals surface area contributed by atoms with E-state index in [0.717, 1.165) is 22.6 Å². The zero-order valence-corrected chi connectivity index (χ0v) is 19.9. The second-order valence-electron chi connectivity index (χ2n) is 7.20. The van der Waals surface area contributed by atoms with Gasteiger partial charge in [-0.3, -0.25) is 4.79 Å². The van der Waals surface area contributed by atoms with E-state index >= 15 is 0 Å². The van der Waals surface area contributed by atoms with Crippen LogP contribution in [-0.2, 0) is 38.6 Å². The first kappa shape index (κ1) is 24.8. The monoisotopic (exact) mass is 488 g/mol. The summed E-state index contributed by atoms with van der Waals surface area (Å²) in [6.07, 6.45) is -0.0229. The number of carbonyl (C=O) groups excluding carboxylic acids is 3. The summed E-state index contributed by atoms with van der Waals surface area (Å²) < 4.78 is 25.7. The topological polar surface area (TPSA) is 140 Å². The van der Waals surface area contributed by atoms with Gasteiger partial charge in [-0.2, -0.15) is 0 Å². The molecule has 0 bridgehead atoms. The number of carbonyl (C=O) groups is 3. The summed E-state index contributed by atoms with van der Waals surface area (Å²) in [6, 6.07) is 6.97. The molecule has 180 valence electrons. The van der Waals surface area contributed by atoms with Crippen molar-refractivity contribution in [3.63, 3.8) is 0 Å². The van der Waals surface area contributed by atoms with E-state index in [1.165, 1.54) is 14.2 Å². The van der Waals surface area contributed by atoms with Crippen molar-refractivity contribution in [2.24, 2.45) is 0 Å². The van der Waals surface area contributed by atoms with Gasteiger partial charge in [0.15, 0.2) is 0 Å². The van der Waals surface area contributed by atoms with E-state index in [1.54, 1.807) is 24.3 Å². The molecule has 0 atom stereocenters. The molecule has 0 amide bonds. The second-order valence-corrected chi connectivity index (χ2v) is 8.26. The highest BCUT2D eigenvalue weighted by molar-refractivity contribution is 7.18. The summed E-state index contributed by atoms with van der Waals surface area (Å²) >= 11 is 0.867. The summed E-state index contributed by atoms with van der Waals surface area (Å²) in [7, 11) is 2.39. The van der Waals surface area contributed by atoms with E-state index < -0.39 is 17.9 Å². The average molecular weight is 489 g/mol. The summed E-state index contributed by atoms with van der Waals surface area (Å²) in [4.78, 5) is 36.6. The molecule has 2 aromatic heterocycles. The largest absolute Gasteiger partial charge is 0.489 e. The number of thiophene rings is 1. The number of esters is 3. The van der Waals surface area contributed by atoms with Crippen LogP contribution in [-0.4, -0.2) is 37.3 Å². The van der Waals surface area contributed by atoms with Gasteiger partial charge in [0.25, 0.3) is 0 Å². The van der Waals surface area contributed by atoms with Gasteiger partial charge in [-0.15, -0.1) is 11.3 Å². The Labute approximate surface area is 199 Å². The standard InChI is InChI=1S/C23H24N2O8S/c1-12-16(13(2)33-25-12)10-31-15-7-5-14(6-8-15)9-18(26)32-11-17-19(22(27)29-3)21(24)34-20(17)23(28)30-4/h5-8H,9-11,24H2,1-4H3. The van der Waals surface area contributed by atoms with Crippen LogP contribution in [0.2, 0.25) is 0 Å². The molecular formula is C23H24N2O8S. The van der Waals surface area contributed by atoms with E-state index in [9.17, 15) is 14.4 Å². The minimum Gasteiger partial charge on any atom is -0.489 e. The fourth-order valence-corrected chi connectivity index (χ4v) is 4.12. The van der Waals surface area contributed by atoms with Gasteiger partial charge >= 0.3 is 17.9 Å². The molecule has 0 aliphatic heterocycles. The van der Waals surface area contributed by atoms with Gasteiger partial charge < -0.3 is 29.2 Å². The Bertz CT molecular complexity index is 1180. The number of benzene rings is 1. The van der Waals surface area contributed by atoms with Crippen molar-refractivity contribution in [1.29, 1.82) is 0 Å². The highest BCUT2D eigenvalue weighted by Crippen LogP contribution is 2.33. The summed E-state index contributed by atoms with van der Waals surface area (Å²) in [5.41, 5.74) is 8.37. The molecule has 3 aromatic rings. The van der Waals surface area contributed by atoms with Crippen molar-refractivity contribution in [2.75, 3.05) is 20.0 Å². The molecule has 0 saturated heterocycles. The van der Waals surface area contributed by atoms with Crippen LogP contribution in [0, 0.1) is 13.8 Å². The van der Waals surface area contributed by atoms with Crippen LogP contribution in [0.3, 0.4) is 0 Å². The summed E-state index contributed by atoms with van der Waals surface area (Å²) in [6.45, 7) is 3.65. The normalized spacial score (nSPS) is 10.6. The predicted molar refractivity (Wildman–Crippen MR) is 122 cm³/mol. The van der Waals surface area contributed by atoms with Gasteiger partial charge in [0.05, 0.1) is 31.9 Å². The number of aryl methyl sites for hydroxylation is 2. The SMILES string of the molecule is COC(=O)c1sc(N)c(C(=O)OC)c1COC(=O)Cc1ccc(OCc2c(C)noc2C)cc1. The first-order valence-corrected chi connectivity index (χ1v) is 10.9. The van der Waals surface area contributed by atoms with Crippen LogP contribution in [0.25, 0.3) is 0 Å². The Morgan fingerprint density at radius 2 is 1.68 bits per heavy atom. The average Bonchev–Trinajstić information content (AvgIpc) is 3.34. The number of nitrogen functional groups attached to an aromatic ring is 1. The number of anilines is 1. The van der Waals surface area contributed by atoms with Gasteiger partial charge in [-0.25, -0.2) is 9.59 Å². The van der Waals surface area contributed by atoms with Crippen molar-refractivity contribution < 1.29 is 37.9 Å². The van der Waals surface area contributed by atoms with Crippen molar-refractivity contribution in [3.05, 3.63) is 62.9 Å². The fraction of sp³-hybridized carbons (Fsp3) is 0.304. The molecule has 3 rings (SSSR count). The molecule has 1 aromatic carbocycles. The van der Waals surface area contributed by atoms with Gasteiger partial charge in [0, 0.05) is 5.56 Å². The molecule has 0 aliphatic rings. The number of nitrogens with two attached hydrogens (primary N) is 1. The Kier molecular flexibility index (Phi) is 7.90. The maximum absolute atomic E-state index is 12.4. The lowest BCUT2D eigenvalue weighted by atomic mass is 10.1. The zero-order chi connectivity index (χ0) is 24.8. The van der Waals surface area contributed by atoms with Crippen LogP contribution >= 0.6 is 11.3 Å². The van der Waals surface area contributed by atoms with Crippen LogP contribution in [0.15, 0.2) is 28.8 Å². The molecule has 10 nitrogen and oxygen atoms in total. The number of hydrogen-bond acceptors (Lipinski definition) is 11. The van der Waals surface area contributed by atoms with E-state index in [-0.39, 0.29) is 34.0 Å². The maximum atomic E-state index is 12.4. The molecular weight excluding hydrogens is 464 g/mol. The van der Waals surface area contributed by atoms with Crippen molar-refractivity contribution in [1.82, 2.24) is 5.16 Å². The quantitative estimate of drug-likeness (QED) is 0.352. The Morgan fingerprint density at radius 1 is 1.00 bits per heavy atom. The molecule has 0 spiro atoms. The Balaban J connectivity index is 1.62.